The molecule has 3 aromatic rings. The topological polar surface area (TPSA) is 62.3 Å². The lowest BCUT2D eigenvalue weighted by molar-refractivity contribution is -0.136. The van der Waals surface area contributed by atoms with Crippen LogP contribution in [0.15, 0.2) is 46.9 Å². The van der Waals surface area contributed by atoms with Crippen molar-refractivity contribution in [2.75, 3.05) is 6.61 Å². The molecule has 2 N–H and O–H groups in total. The van der Waals surface area contributed by atoms with Gasteiger partial charge in [0.1, 0.15) is 5.75 Å². The highest BCUT2D eigenvalue weighted by atomic mass is 79.9. The first kappa shape index (κ1) is 15.6. The molecule has 0 saturated heterocycles. The molecule has 0 amide bonds. The van der Waals surface area contributed by atoms with Crippen LogP contribution >= 0.6 is 15.9 Å². The molecule has 0 bridgehead atoms. The highest BCUT2D eigenvalue weighted by Gasteiger charge is 2.16. The molecule has 0 aliphatic heterocycles. The number of aliphatic carboxylic acids is 1. The van der Waals surface area contributed by atoms with Crippen molar-refractivity contribution >= 4 is 32.8 Å². The van der Waals surface area contributed by atoms with Crippen molar-refractivity contribution in [1.82, 2.24) is 4.98 Å². The second kappa shape index (κ2) is 6.46. The molecule has 5 heteroatoms. The smallest absolute Gasteiger partial charge is 0.307 e. The van der Waals surface area contributed by atoms with E-state index in [1.165, 1.54) is 0 Å². The Labute approximate surface area is 142 Å². The molecule has 23 heavy (non-hydrogen) atoms. The van der Waals surface area contributed by atoms with E-state index in [4.69, 9.17) is 4.74 Å². The highest BCUT2D eigenvalue weighted by Crippen LogP contribution is 2.34. The van der Waals surface area contributed by atoms with Crippen LogP contribution in [0.25, 0.3) is 22.2 Å². The van der Waals surface area contributed by atoms with Crippen LogP contribution in [-0.2, 0) is 11.2 Å². The van der Waals surface area contributed by atoms with Gasteiger partial charge in [-0.15, -0.1) is 0 Å². The summed E-state index contributed by atoms with van der Waals surface area (Å²) in [6.45, 7) is 2.50. The summed E-state index contributed by atoms with van der Waals surface area (Å²) in [7, 11) is 0. The lowest BCUT2D eigenvalue weighted by Gasteiger charge is -2.05. The third-order valence-electron chi connectivity index (χ3n) is 3.63. The molecule has 118 valence electrons. The van der Waals surface area contributed by atoms with Crippen molar-refractivity contribution in [3.05, 3.63) is 52.5 Å². The van der Waals surface area contributed by atoms with Crippen LogP contribution in [0.2, 0.25) is 0 Å². The zero-order valence-corrected chi connectivity index (χ0v) is 14.2. The van der Waals surface area contributed by atoms with Crippen molar-refractivity contribution in [3.63, 3.8) is 0 Å². The minimum atomic E-state index is -0.857. The predicted molar refractivity (Wildman–Crippen MR) is 93.9 cm³/mol. The quantitative estimate of drug-likeness (QED) is 0.685. The molecule has 0 spiro atoms. The van der Waals surface area contributed by atoms with Crippen molar-refractivity contribution in [2.45, 2.75) is 13.3 Å². The van der Waals surface area contributed by atoms with Gasteiger partial charge >= 0.3 is 5.97 Å². The van der Waals surface area contributed by atoms with Crippen molar-refractivity contribution < 1.29 is 14.6 Å². The maximum absolute atomic E-state index is 11.3. The molecule has 0 aliphatic carbocycles. The lowest BCUT2D eigenvalue weighted by atomic mass is 10.0. The number of carbonyl (C=O) groups is 1. The van der Waals surface area contributed by atoms with E-state index in [1.54, 1.807) is 0 Å². The summed E-state index contributed by atoms with van der Waals surface area (Å²) in [5.41, 5.74) is 3.45. The Kier molecular flexibility index (Phi) is 4.39. The maximum Gasteiger partial charge on any atom is 0.307 e. The zero-order valence-electron chi connectivity index (χ0n) is 12.6. The Morgan fingerprint density at radius 1 is 1.26 bits per heavy atom. The molecule has 2 aromatic carbocycles. The number of rotatable bonds is 5. The maximum atomic E-state index is 11.3. The molecule has 0 radical (unpaired) electrons. The van der Waals surface area contributed by atoms with Gasteiger partial charge in [-0.2, -0.15) is 0 Å². The number of ether oxygens (including phenoxy) is 1. The van der Waals surface area contributed by atoms with Crippen molar-refractivity contribution in [2.24, 2.45) is 0 Å². The average molecular weight is 374 g/mol. The largest absolute Gasteiger partial charge is 0.494 e. The van der Waals surface area contributed by atoms with Gasteiger partial charge in [0.05, 0.1) is 18.7 Å². The summed E-state index contributed by atoms with van der Waals surface area (Å²) in [5, 5.41) is 10.2. The lowest BCUT2D eigenvalue weighted by Crippen LogP contribution is -2.01. The molecule has 1 heterocycles. The Bertz CT molecular complexity index is 870. The zero-order chi connectivity index (χ0) is 16.4. The van der Waals surface area contributed by atoms with Gasteiger partial charge in [-0.3, -0.25) is 4.79 Å². The van der Waals surface area contributed by atoms with Gasteiger partial charge in [0.25, 0.3) is 0 Å². The van der Waals surface area contributed by atoms with Crippen molar-refractivity contribution in [1.29, 1.82) is 0 Å². The van der Waals surface area contributed by atoms with E-state index in [0.29, 0.717) is 6.61 Å². The monoisotopic (exact) mass is 373 g/mol. The van der Waals surface area contributed by atoms with Crippen LogP contribution in [0.3, 0.4) is 0 Å². The van der Waals surface area contributed by atoms with E-state index in [2.05, 4.69) is 20.9 Å². The second-order valence-electron chi connectivity index (χ2n) is 5.20. The second-order valence-corrected chi connectivity index (χ2v) is 6.12. The van der Waals surface area contributed by atoms with Crippen molar-refractivity contribution in [3.8, 4) is 17.0 Å². The fraction of sp³-hybridized carbons (Fsp3) is 0.167. The molecule has 0 saturated carbocycles. The third kappa shape index (κ3) is 3.24. The van der Waals surface area contributed by atoms with Crippen LogP contribution in [0, 0.1) is 0 Å². The molecular weight excluding hydrogens is 358 g/mol. The number of H-pyrrole nitrogens is 1. The minimum Gasteiger partial charge on any atom is -0.494 e. The number of hydrogen-bond donors (Lipinski definition) is 2. The van der Waals surface area contributed by atoms with E-state index in [-0.39, 0.29) is 6.42 Å². The van der Waals surface area contributed by atoms with Crippen LogP contribution in [-0.4, -0.2) is 22.7 Å². The first-order valence-corrected chi connectivity index (χ1v) is 8.13. The van der Waals surface area contributed by atoms with Gasteiger partial charge in [0.15, 0.2) is 0 Å². The van der Waals surface area contributed by atoms with Crippen LogP contribution in [0.4, 0.5) is 0 Å². The van der Waals surface area contributed by atoms with Crippen LogP contribution in [0.5, 0.6) is 5.75 Å². The minimum absolute atomic E-state index is 0.0442. The highest BCUT2D eigenvalue weighted by molar-refractivity contribution is 9.10. The molecule has 0 atom stereocenters. The Hall–Kier alpha value is -2.27. The number of benzene rings is 2. The average Bonchev–Trinajstić information content (AvgIpc) is 2.85. The molecule has 3 rings (SSSR count). The Morgan fingerprint density at radius 3 is 2.78 bits per heavy atom. The fourth-order valence-corrected chi connectivity index (χ4v) is 3.11. The molecular formula is C18H16BrNO3. The summed E-state index contributed by atoms with van der Waals surface area (Å²) in [6, 6.07) is 13.5. The molecule has 1 aromatic heterocycles. The SMILES string of the molecule is CCOc1ccc2[nH]c(-c3cccc(Br)c3)c(CC(=O)O)c2c1. The van der Waals surface area contributed by atoms with E-state index in [1.807, 2.05) is 49.4 Å². The van der Waals surface area contributed by atoms with Crippen LogP contribution < -0.4 is 4.74 Å². The van der Waals surface area contributed by atoms with Gasteiger partial charge < -0.3 is 14.8 Å². The first-order chi connectivity index (χ1) is 11.1. The summed E-state index contributed by atoms with van der Waals surface area (Å²) >= 11 is 3.46. The third-order valence-corrected chi connectivity index (χ3v) is 4.12. The Morgan fingerprint density at radius 2 is 2.09 bits per heavy atom. The summed E-state index contributed by atoms with van der Waals surface area (Å²) in [4.78, 5) is 14.7. The van der Waals surface area contributed by atoms with E-state index < -0.39 is 5.97 Å². The fourth-order valence-electron chi connectivity index (χ4n) is 2.71. The van der Waals surface area contributed by atoms with Gasteiger partial charge in [-0.05, 0) is 48.4 Å². The van der Waals surface area contributed by atoms with E-state index >= 15 is 0 Å². The summed E-state index contributed by atoms with van der Waals surface area (Å²) < 4.78 is 6.49. The van der Waals surface area contributed by atoms with Gasteiger partial charge in [0, 0.05) is 15.4 Å². The predicted octanol–water partition coefficient (Wildman–Crippen LogP) is 4.62. The molecule has 0 unspecified atom stereocenters. The summed E-state index contributed by atoms with van der Waals surface area (Å²) in [5.74, 6) is -0.115. The molecule has 4 nitrogen and oxygen atoms in total. The number of carboxylic acids is 1. The number of aromatic nitrogens is 1. The number of nitrogens with one attached hydrogen (secondary N) is 1. The number of carboxylic acid groups (broad SMARTS) is 1. The number of aromatic amines is 1. The van der Waals surface area contributed by atoms with Gasteiger partial charge in [0.2, 0.25) is 0 Å². The summed E-state index contributed by atoms with van der Waals surface area (Å²) in [6.07, 6.45) is -0.0442. The number of halogens is 1. The van der Waals surface area contributed by atoms with E-state index in [0.717, 1.165) is 37.9 Å². The molecule has 0 fully saturated rings. The van der Waals surface area contributed by atoms with Crippen LogP contribution in [0.1, 0.15) is 12.5 Å². The van der Waals surface area contributed by atoms with Gasteiger partial charge in [-0.1, -0.05) is 28.1 Å². The van der Waals surface area contributed by atoms with Gasteiger partial charge in [-0.25, -0.2) is 0 Å². The Balaban J connectivity index is 2.21. The first-order valence-electron chi connectivity index (χ1n) is 7.33. The number of fused-ring (bicyclic) bond motifs is 1. The van der Waals surface area contributed by atoms with E-state index in [9.17, 15) is 9.90 Å². The molecule has 0 aliphatic rings. The number of hydrogen-bond acceptors (Lipinski definition) is 2. The standard InChI is InChI=1S/C18H16BrNO3/c1-2-23-13-6-7-16-14(9-13)15(10-17(21)22)18(20-16)11-4-3-5-12(19)8-11/h3-9,20H,2,10H2,1H3,(H,21,22). The normalized spacial score (nSPS) is 10.9.